The first-order valence-corrected chi connectivity index (χ1v) is 5.76. The minimum absolute atomic E-state index is 0.0713. The van der Waals surface area contributed by atoms with Gasteiger partial charge in [0.1, 0.15) is 0 Å². The van der Waals surface area contributed by atoms with Crippen molar-refractivity contribution in [1.29, 1.82) is 0 Å². The molecule has 19 heavy (non-hydrogen) atoms. The van der Waals surface area contributed by atoms with Crippen LogP contribution in [0.15, 0.2) is 12.1 Å². The van der Waals surface area contributed by atoms with E-state index < -0.39 is 11.9 Å². The summed E-state index contributed by atoms with van der Waals surface area (Å²) in [4.78, 5) is 22.8. The van der Waals surface area contributed by atoms with Crippen LogP contribution in [0, 0.1) is 5.92 Å². The van der Waals surface area contributed by atoms with Crippen molar-refractivity contribution in [2.75, 3.05) is 13.9 Å². The monoisotopic (exact) mass is 266 g/mol. The molecule has 2 rings (SSSR count). The Morgan fingerprint density at radius 1 is 1.42 bits per heavy atom. The zero-order valence-corrected chi connectivity index (χ0v) is 10.6. The fourth-order valence-corrected chi connectivity index (χ4v) is 1.77. The second-order valence-electron chi connectivity index (χ2n) is 4.28. The number of ether oxygens (including phenoxy) is 3. The van der Waals surface area contributed by atoms with Gasteiger partial charge in [0.05, 0.1) is 13.0 Å². The maximum atomic E-state index is 12.0. The van der Waals surface area contributed by atoms with E-state index in [-0.39, 0.29) is 19.0 Å². The van der Waals surface area contributed by atoms with Crippen LogP contribution in [0.25, 0.3) is 0 Å². The molecule has 0 saturated carbocycles. The molecule has 6 nitrogen and oxygen atoms in total. The Balaban J connectivity index is 2.26. The first kappa shape index (κ1) is 13.2. The number of hydrogen-bond donors (Lipinski definition) is 1. The summed E-state index contributed by atoms with van der Waals surface area (Å²) in [5.74, 6) is -0.700. The van der Waals surface area contributed by atoms with Crippen LogP contribution in [0.2, 0.25) is 0 Å². The van der Waals surface area contributed by atoms with Crippen molar-refractivity contribution in [1.82, 2.24) is 0 Å². The number of carboxylic acids is 1. The second kappa shape index (κ2) is 5.17. The van der Waals surface area contributed by atoms with Crippen molar-refractivity contribution < 1.29 is 28.9 Å². The topological polar surface area (TPSA) is 82.1 Å². The SMILES string of the molecule is COc1cc(C(=O)CC(C)C(=O)O)cc2c1OCO2. The summed E-state index contributed by atoms with van der Waals surface area (Å²) in [5.41, 5.74) is 0.356. The molecule has 0 aliphatic carbocycles. The van der Waals surface area contributed by atoms with E-state index in [9.17, 15) is 9.59 Å². The lowest BCUT2D eigenvalue weighted by Gasteiger charge is -2.09. The number of hydrogen-bond acceptors (Lipinski definition) is 5. The molecular formula is C13H14O6. The third-order valence-electron chi connectivity index (χ3n) is 2.89. The van der Waals surface area contributed by atoms with Crippen LogP contribution < -0.4 is 14.2 Å². The number of ketones is 1. The van der Waals surface area contributed by atoms with Gasteiger partial charge in [0.25, 0.3) is 0 Å². The summed E-state index contributed by atoms with van der Waals surface area (Å²) in [7, 11) is 1.46. The Bertz CT molecular complexity index is 522. The molecule has 0 saturated heterocycles. The zero-order valence-electron chi connectivity index (χ0n) is 10.6. The summed E-state index contributed by atoms with van der Waals surface area (Å²) in [6.07, 6.45) is -0.0713. The Kier molecular flexibility index (Phi) is 3.59. The van der Waals surface area contributed by atoms with E-state index in [1.807, 2.05) is 0 Å². The van der Waals surface area contributed by atoms with E-state index >= 15 is 0 Å². The van der Waals surface area contributed by atoms with Gasteiger partial charge in [-0.15, -0.1) is 0 Å². The Labute approximate surface area is 109 Å². The first-order chi connectivity index (χ1) is 9.02. The molecule has 6 heteroatoms. The molecule has 0 bridgehead atoms. The van der Waals surface area contributed by atoms with Crippen LogP contribution in [0.4, 0.5) is 0 Å². The highest BCUT2D eigenvalue weighted by atomic mass is 16.7. The van der Waals surface area contributed by atoms with Gasteiger partial charge in [0, 0.05) is 12.0 Å². The Morgan fingerprint density at radius 3 is 2.79 bits per heavy atom. The minimum Gasteiger partial charge on any atom is -0.493 e. The molecule has 0 radical (unpaired) electrons. The fourth-order valence-electron chi connectivity index (χ4n) is 1.77. The molecule has 1 aliphatic rings. The largest absolute Gasteiger partial charge is 0.493 e. The average molecular weight is 266 g/mol. The number of carboxylic acid groups (broad SMARTS) is 1. The molecule has 0 fully saturated rings. The van der Waals surface area contributed by atoms with Gasteiger partial charge in [0.15, 0.2) is 17.3 Å². The van der Waals surface area contributed by atoms with Crippen LogP contribution in [-0.4, -0.2) is 30.8 Å². The molecule has 102 valence electrons. The highest BCUT2D eigenvalue weighted by molar-refractivity contribution is 5.99. The van der Waals surface area contributed by atoms with Crippen molar-refractivity contribution in [2.24, 2.45) is 5.92 Å². The average Bonchev–Trinajstić information content (AvgIpc) is 2.85. The van der Waals surface area contributed by atoms with E-state index in [2.05, 4.69) is 0 Å². The van der Waals surface area contributed by atoms with Gasteiger partial charge in [-0.25, -0.2) is 0 Å². The number of carbonyl (C=O) groups is 2. The molecule has 0 amide bonds. The highest BCUT2D eigenvalue weighted by Gasteiger charge is 2.24. The molecule has 1 heterocycles. The lowest BCUT2D eigenvalue weighted by molar-refractivity contribution is -0.141. The maximum Gasteiger partial charge on any atom is 0.306 e. The first-order valence-electron chi connectivity index (χ1n) is 5.76. The van der Waals surface area contributed by atoms with E-state index in [4.69, 9.17) is 19.3 Å². The quantitative estimate of drug-likeness (QED) is 0.817. The van der Waals surface area contributed by atoms with Crippen molar-refractivity contribution in [3.05, 3.63) is 17.7 Å². The van der Waals surface area contributed by atoms with Gasteiger partial charge in [-0.3, -0.25) is 9.59 Å². The molecule has 0 spiro atoms. The van der Waals surface area contributed by atoms with Crippen LogP contribution in [0.3, 0.4) is 0 Å². The van der Waals surface area contributed by atoms with Crippen LogP contribution in [0.5, 0.6) is 17.2 Å². The van der Waals surface area contributed by atoms with Crippen LogP contribution in [-0.2, 0) is 4.79 Å². The number of benzene rings is 1. The molecule has 1 N–H and O–H groups in total. The van der Waals surface area contributed by atoms with Crippen LogP contribution in [0.1, 0.15) is 23.7 Å². The Morgan fingerprint density at radius 2 is 2.16 bits per heavy atom. The van der Waals surface area contributed by atoms with Gasteiger partial charge >= 0.3 is 5.97 Å². The summed E-state index contributed by atoms with van der Waals surface area (Å²) in [6.45, 7) is 1.57. The predicted octanol–water partition coefficient (Wildman–Crippen LogP) is 1.72. The number of fused-ring (bicyclic) bond motifs is 1. The number of aliphatic carboxylic acids is 1. The summed E-state index contributed by atoms with van der Waals surface area (Å²) < 4.78 is 15.6. The third kappa shape index (κ3) is 2.62. The second-order valence-corrected chi connectivity index (χ2v) is 4.28. The number of methoxy groups -OCH3 is 1. The van der Waals surface area contributed by atoms with E-state index in [0.29, 0.717) is 22.8 Å². The number of rotatable bonds is 5. The van der Waals surface area contributed by atoms with Crippen molar-refractivity contribution >= 4 is 11.8 Å². The minimum atomic E-state index is -0.999. The molecule has 0 aromatic heterocycles. The van der Waals surface area contributed by atoms with Gasteiger partial charge in [0.2, 0.25) is 12.5 Å². The number of carbonyl (C=O) groups excluding carboxylic acids is 1. The van der Waals surface area contributed by atoms with Gasteiger partial charge in [-0.1, -0.05) is 6.92 Å². The molecule has 1 aliphatic heterocycles. The fraction of sp³-hybridized carbons (Fsp3) is 0.385. The smallest absolute Gasteiger partial charge is 0.306 e. The summed E-state index contributed by atoms with van der Waals surface area (Å²) in [5, 5.41) is 8.81. The molecule has 1 aromatic carbocycles. The third-order valence-corrected chi connectivity index (χ3v) is 2.89. The number of Topliss-reactive ketones (excluding diaryl/α,β-unsaturated/α-hetero) is 1. The Hall–Kier alpha value is -2.24. The lowest BCUT2D eigenvalue weighted by Crippen LogP contribution is -2.14. The molecule has 1 unspecified atom stereocenters. The standard InChI is InChI=1S/C13H14O6/c1-7(13(15)16)3-9(14)8-4-10(17-2)12-11(5-8)18-6-19-12/h4-5,7H,3,6H2,1-2H3,(H,15,16). The normalized spacial score (nSPS) is 14.0. The van der Waals surface area contributed by atoms with Crippen LogP contribution >= 0.6 is 0 Å². The van der Waals surface area contributed by atoms with Crippen molar-refractivity contribution in [2.45, 2.75) is 13.3 Å². The molecular weight excluding hydrogens is 252 g/mol. The van der Waals surface area contributed by atoms with E-state index in [1.54, 1.807) is 6.07 Å². The van der Waals surface area contributed by atoms with Gasteiger partial charge in [-0.2, -0.15) is 0 Å². The highest BCUT2D eigenvalue weighted by Crippen LogP contribution is 2.42. The van der Waals surface area contributed by atoms with Gasteiger partial charge < -0.3 is 19.3 Å². The van der Waals surface area contributed by atoms with Crippen molar-refractivity contribution in [3.63, 3.8) is 0 Å². The van der Waals surface area contributed by atoms with Gasteiger partial charge in [-0.05, 0) is 12.1 Å². The summed E-state index contributed by atoms with van der Waals surface area (Å²) >= 11 is 0. The summed E-state index contributed by atoms with van der Waals surface area (Å²) in [6, 6.07) is 3.08. The maximum absolute atomic E-state index is 12.0. The molecule has 1 aromatic rings. The van der Waals surface area contributed by atoms with Crippen molar-refractivity contribution in [3.8, 4) is 17.2 Å². The van der Waals surface area contributed by atoms with E-state index in [1.165, 1.54) is 20.1 Å². The zero-order chi connectivity index (χ0) is 14.0. The lowest BCUT2D eigenvalue weighted by atomic mass is 9.99. The van der Waals surface area contributed by atoms with E-state index in [0.717, 1.165) is 0 Å². The predicted molar refractivity (Wildman–Crippen MR) is 64.9 cm³/mol. The molecule has 1 atom stereocenters.